The van der Waals surface area contributed by atoms with Gasteiger partial charge < -0.3 is 15.5 Å². The average Bonchev–Trinajstić information content (AvgIpc) is 2.72. The van der Waals surface area contributed by atoms with Gasteiger partial charge in [0.05, 0.1) is 6.20 Å². The quantitative estimate of drug-likeness (QED) is 0.578. The summed E-state index contributed by atoms with van der Waals surface area (Å²) in [6.45, 7) is 6.88. The molecule has 0 bridgehead atoms. The molecular formula is C21H25FN6. The first kappa shape index (κ1) is 19.5. The van der Waals surface area contributed by atoms with E-state index in [0.717, 1.165) is 30.8 Å². The number of nitrogens with one attached hydrogen (secondary N) is 2. The molecule has 0 aliphatic heterocycles. The third-order valence-electron chi connectivity index (χ3n) is 4.44. The third-order valence-corrected chi connectivity index (χ3v) is 4.44. The minimum absolute atomic E-state index is 0.229. The summed E-state index contributed by atoms with van der Waals surface area (Å²) in [4.78, 5) is 6.73. The lowest BCUT2D eigenvalue weighted by Gasteiger charge is -2.21. The summed E-state index contributed by atoms with van der Waals surface area (Å²) in [5.74, 6) is 0.842. The first-order valence-electron chi connectivity index (χ1n) is 9.48. The molecule has 0 aliphatic carbocycles. The van der Waals surface area contributed by atoms with Gasteiger partial charge in [-0.05, 0) is 62.2 Å². The Labute approximate surface area is 164 Å². The molecule has 146 valence electrons. The van der Waals surface area contributed by atoms with Crippen LogP contribution in [0.5, 0.6) is 0 Å². The molecular weight excluding hydrogens is 355 g/mol. The SMILES string of the molecule is CCN(CC)c1ccc(Nc2cnnc(NCCc3ccc(F)cc3)n2)cc1. The molecule has 28 heavy (non-hydrogen) atoms. The van der Waals surface area contributed by atoms with Crippen LogP contribution in [0, 0.1) is 5.82 Å². The van der Waals surface area contributed by atoms with Crippen LogP contribution in [0.25, 0.3) is 0 Å². The summed E-state index contributed by atoms with van der Waals surface area (Å²) in [7, 11) is 0. The largest absolute Gasteiger partial charge is 0.372 e. The zero-order valence-corrected chi connectivity index (χ0v) is 16.2. The van der Waals surface area contributed by atoms with E-state index >= 15 is 0 Å². The fraction of sp³-hybridized carbons (Fsp3) is 0.286. The van der Waals surface area contributed by atoms with E-state index in [0.29, 0.717) is 18.3 Å². The maximum Gasteiger partial charge on any atom is 0.244 e. The van der Waals surface area contributed by atoms with Gasteiger partial charge in [-0.3, -0.25) is 0 Å². The molecule has 0 spiro atoms. The van der Waals surface area contributed by atoms with E-state index in [1.807, 2.05) is 12.1 Å². The van der Waals surface area contributed by atoms with Crippen LogP contribution in [0.3, 0.4) is 0 Å². The van der Waals surface area contributed by atoms with Gasteiger partial charge in [0, 0.05) is 31.0 Å². The molecule has 2 N–H and O–H groups in total. The van der Waals surface area contributed by atoms with Gasteiger partial charge in [-0.1, -0.05) is 12.1 Å². The van der Waals surface area contributed by atoms with E-state index in [1.165, 1.54) is 17.8 Å². The lowest BCUT2D eigenvalue weighted by Crippen LogP contribution is -2.21. The van der Waals surface area contributed by atoms with Crippen molar-refractivity contribution >= 4 is 23.1 Å². The molecule has 3 aromatic rings. The third kappa shape index (κ3) is 5.39. The number of rotatable bonds is 9. The molecule has 3 rings (SSSR count). The normalized spacial score (nSPS) is 10.5. The van der Waals surface area contributed by atoms with E-state index in [-0.39, 0.29) is 5.82 Å². The zero-order chi connectivity index (χ0) is 19.8. The molecule has 7 heteroatoms. The van der Waals surface area contributed by atoms with Crippen LogP contribution >= 0.6 is 0 Å². The second-order valence-electron chi connectivity index (χ2n) is 6.31. The molecule has 0 aliphatic rings. The Bertz CT molecular complexity index is 863. The molecule has 0 atom stereocenters. The van der Waals surface area contributed by atoms with Crippen molar-refractivity contribution in [2.75, 3.05) is 35.2 Å². The number of hydrogen-bond acceptors (Lipinski definition) is 6. The van der Waals surface area contributed by atoms with Gasteiger partial charge in [-0.15, -0.1) is 5.10 Å². The van der Waals surface area contributed by atoms with Gasteiger partial charge in [0.1, 0.15) is 5.82 Å². The average molecular weight is 380 g/mol. The molecule has 0 radical (unpaired) electrons. The van der Waals surface area contributed by atoms with E-state index < -0.39 is 0 Å². The first-order chi connectivity index (χ1) is 13.7. The van der Waals surface area contributed by atoms with Gasteiger partial charge >= 0.3 is 0 Å². The number of hydrogen-bond donors (Lipinski definition) is 2. The summed E-state index contributed by atoms with van der Waals surface area (Å²) < 4.78 is 12.9. The van der Waals surface area contributed by atoms with Crippen LogP contribution in [0.2, 0.25) is 0 Å². The van der Waals surface area contributed by atoms with Crippen molar-refractivity contribution < 1.29 is 4.39 Å². The van der Waals surface area contributed by atoms with Gasteiger partial charge in [0.2, 0.25) is 5.95 Å². The molecule has 1 heterocycles. The lowest BCUT2D eigenvalue weighted by atomic mass is 10.1. The number of benzene rings is 2. The monoisotopic (exact) mass is 380 g/mol. The highest BCUT2D eigenvalue weighted by Gasteiger charge is 2.04. The highest BCUT2D eigenvalue weighted by Crippen LogP contribution is 2.20. The second-order valence-corrected chi connectivity index (χ2v) is 6.31. The molecule has 0 saturated carbocycles. The summed E-state index contributed by atoms with van der Waals surface area (Å²) in [5, 5.41) is 14.4. The standard InChI is InChI=1S/C21H25FN6/c1-3-28(4-2)19-11-9-18(10-12-19)25-20-15-24-27-21(26-20)23-14-13-16-5-7-17(22)8-6-16/h5-12,15H,3-4,13-14H2,1-2H3,(H2,23,25,26,27). The fourth-order valence-electron chi connectivity index (χ4n) is 2.90. The van der Waals surface area contributed by atoms with E-state index in [4.69, 9.17) is 0 Å². The topological polar surface area (TPSA) is 66.0 Å². The number of halogens is 1. The number of aromatic nitrogens is 3. The Kier molecular flexibility index (Phi) is 6.73. The van der Waals surface area contributed by atoms with Crippen LogP contribution < -0.4 is 15.5 Å². The molecule has 0 saturated heterocycles. The Morgan fingerprint density at radius 2 is 1.68 bits per heavy atom. The summed E-state index contributed by atoms with van der Waals surface area (Å²) >= 11 is 0. The smallest absolute Gasteiger partial charge is 0.244 e. The first-order valence-corrected chi connectivity index (χ1v) is 9.48. The van der Waals surface area contributed by atoms with Crippen LogP contribution in [0.4, 0.5) is 27.5 Å². The molecule has 0 fully saturated rings. The maximum atomic E-state index is 12.9. The summed E-state index contributed by atoms with van der Waals surface area (Å²) in [6, 6.07) is 14.7. The van der Waals surface area contributed by atoms with Crippen LogP contribution in [-0.4, -0.2) is 34.8 Å². The predicted octanol–water partition coefficient (Wildman–Crippen LogP) is 4.26. The Morgan fingerprint density at radius 3 is 2.36 bits per heavy atom. The number of anilines is 4. The second kappa shape index (κ2) is 9.64. The van der Waals surface area contributed by atoms with Gasteiger partial charge in [-0.25, -0.2) is 4.39 Å². The summed E-state index contributed by atoms with van der Waals surface area (Å²) in [5.41, 5.74) is 3.18. The van der Waals surface area contributed by atoms with Crippen molar-refractivity contribution in [3.8, 4) is 0 Å². The Hall–Kier alpha value is -3.22. The van der Waals surface area contributed by atoms with Crippen molar-refractivity contribution in [1.82, 2.24) is 15.2 Å². The molecule has 0 unspecified atom stereocenters. The van der Waals surface area contributed by atoms with E-state index in [2.05, 4.69) is 56.7 Å². The molecule has 6 nitrogen and oxygen atoms in total. The summed E-state index contributed by atoms with van der Waals surface area (Å²) in [6.07, 6.45) is 2.33. The Morgan fingerprint density at radius 1 is 0.964 bits per heavy atom. The van der Waals surface area contributed by atoms with Crippen molar-refractivity contribution in [2.24, 2.45) is 0 Å². The van der Waals surface area contributed by atoms with Gasteiger partial charge in [-0.2, -0.15) is 10.1 Å². The van der Waals surface area contributed by atoms with E-state index in [9.17, 15) is 4.39 Å². The zero-order valence-electron chi connectivity index (χ0n) is 16.2. The van der Waals surface area contributed by atoms with Crippen LogP contribution in [0.1, 0.15) is 19.4 Å². The van der Waals surface area contributed by atoms with Crippen molar-refractivity contribution in [1.29, 1.82) is 0 Å². The van der Waals surface area contributed by atoms with E-state index in [1.54, 1.807) is 18.3 Å². The number of nitrogens with zero attached hydrogens (tertiary/aromatic N) is 4. The lowest BCUT2D eigenvalue weighted by molar-refractivity contribution is 0.627. The minimum atomic E-state index is -0.229. The predicted molar refractivity (Wildman–Crippen MR) is 112 cm³/mol. The maximum absolute atomic E-state index is 12.9. The molecule has 0 amide bonds. The van der Waals surface area contributed by atoms with Crippen LogP contribution in [-0.2, 0) is 6.42 Å². The molecule has 2 aromatic carbocycles. The fourth-order valence-corrected chi connectivity index (χ4v) is 2.90. The molecule has 1 aromatic heterocycles. The van der Waals surface area contributed by atoms with Crippen molar-refractivity contribution in [3.63, 3.8) is 0 Å². The highest BCUT2D eigenvalue weighted by molar-refractivity contribution is 5.60. The van der Waals surface area contributed by atoms with Crippen molar-refractivity contribution in [2.45, 2.75) is 20.3 Å². The van der Waals surface area contributed by atoms with Crippen molar-refractivity contribution in [3.05, 3.63) is 66.1 Å². The van der Waals surface area contributed by atoms with Crippen LogP contribution in [0.15, 0.2) is 54.7 Å². The Balaban J connectivity index is 1.56. The van der Waals surface area contributed by atoms with Gasteiger partial charge in [0.25, 0.3) is 0 Å². The highest BCUT2D eigenvalue weighted by atomic mass is 19.1. The minimum Gasteiger partial charge on any atom is -0.372 e. The van der Waals surface area contributed by atoms with Gasteiger partial charge in [0.15, 0.2) is 5.82 Å².